The molecule has 0 aromatic carbocycles. The molecular formula is C24H47B. The topological polar surface area (TPSA) is 0 Å². The van der Waals surface area contributed by atoms with E-state index < -0.39 is 0 Å². The molecule has 0 aromatic heterocycles. The molecular weight excluding hydrogens is 299 g/mol. The van der Waals surface area contributed by atoms with Crippen LogP contribution in [0.3, 0.4) is 0 Å². The van der Waals surface area contributed by atoms with E-state index in [0.29, 0.717) is 11.3 Å². The maximum absolute atomic E-state index is 5.99. The molecule has 1 aliphatic rings. The second-order valence-corrected chi connectivity index (χ2v) is 10.6. The van der Waals surface area contributed by atoms with Crippen LogP contribution in [-0.2, 0) is 0 Å². The van der Waals surface area contributed by atoms with Crippen LogP contribution in [0.2, 0.25) is 6.32 Å². The van der Waals surface area contributed by atoms with E-state index >= 15 is 0 Å². The molecule has 1 heteroatoms. The third-order valence-electron chi connectivity index (χ3n) is 9.07. The Balaban J connectivity index is 2.89. The molecule has 1 fully saturated rings. The zero-order chi connectivity index (χ0) is 19.5. The van der Waals surface area contributed by atoms with Crippen molar-refractivity contribution in [1.29, 1.82) is 0 Å². The van der Waals surface area contributed by atoms with Crippen LogP contribution in [0.5, 0.6) is 0 Å². The standard InChI is InChI=1S/C24H47B/c1-11-24(9,10)21(8)18(5)17(4)20(7)23(22-12-13-22)19(6)16(3)15(2)14-25/h15-23H,11-14H2,1-10H3. The molecule has 146 valence electrons. The van der Waals surface area contributed by atoms with E-state index in [-0.39, 0.29) is 0 Å². The average molecular weight is 346 g/mol. The fourth-order valence-electron chi connectivity index (χ4n) is 5.22. The lowest BCUT2D eigenvalue weighted by atomic mass is 9.61. The Morgan fingerprint density at radius 3 is 1.68 bits per heavy atom. The molecule has 2 radical (unpaired) electrons. The molecule has 8 atom stereocenters. The summed E-state index contributed by atoms with van der Waals surface area (Å²) in [6, 6.07) is 0. The van der Waals surface area contributed by atoms with Gasteiger partial charge in [0.05, 0.1) is 7.85 Å². The Bertz CT molecular complexity index is 384. The van der Waals surface area contributed by atoms with Gasteiger partial charge in [0.25, 0.3) is 0 Å². The third-order valence-corrected chi connectivity index (χ3v) is 9.07. The quantitative estimate of drug-likeness (QED) is 0.340. The summed E-state index contributed by atoms with van der Waals surface area (Å²) >= 11 is 0. The van der Waals surface area contributed by atoms with Crippen molar-refractivity contribution in [3.05, 3.63) is 0 Å². The Morgan fingerprint density at radius 1 is 0.800 bits per heavy atom. The van der Waals surface area contributed by atoms with Crippen LogP contribution in [0.4, 0.5) is 0 Å². The van der Waals surface area contributed by atoms with Gasteiger partial charge in [-0.2, -0.15) is 0 Å². The number of hydrogen-bond acceptors (Lipinski definition) is 0. The number of hydrogen-bond donors (Lipinski definition) is 0. The molecule has 8 unspecified atom stereocenters. The van der Waals surface area contributed by atoms with E-state index in [1.54, 1.807) is 0 Å². The van der Waals surface area contributed by atoms with Gasteiger partial charge in [-0.15, -0.1) is 0 Å². The van der Waals surface area contributed by atoms with E-state index in [1.807, 2.05) is 0 Å². The molecule has 0 saturated heterocycles. The summed E-state index contributed by atoms with van der Waals surface area (Å²) in [6.07, 6.45) is 5.01. The molecule has 0 amide bonds. The van der Waals surface area contributed by atoms with Crippen LogP contribution < -0.4 is 0 Å². The second kappa shape index (κ2) is 9.32. The van der Waals surface area contributed by atoms with E-state index in [4.69, 9.17) is 7.85 Å². The lowest BCUT2D eigenvalue weighted by Crippen LogP contribution is -2.37. The molecule has 0 heterocycles. The summed E-state index contributed by atoms with van der Waals surface area (Å²) in [5, 5.41) is 0. The molecule has 1 saturated carbocycles. The van der Waals surface area contributed by atoms with Crippen LogP contribution in [0.1, 0.15) is 88.5 Å². The zero-order valence-corrected chi connectivity index (χ0v) is 19.1. The van der Waals surface area contributed by atoms with Crippen molar-refractivity contribution in [2.75, 3.05) is 0 Å². The van der Waals surface area contributed by atoms with Crippen LogP contribution in [0.25, 0.3) is 0 Å². The summed E-state index contributed by atoms with van der Waals surface area (Å²) in [4.78, 5) is 0. The lowest BCUT2D eigenvalue weighted by molar-refractivity contribution is 0.0497. The molecule has 0 spiro atoms. The molecule has 0 nitrogen and oxygen atoms in total. The van der Waals surface area contributed by atoms with Crippen molar-refractivity contribution >= 4 is 7.85 Å². The molecule has 25 heavy (non-hydrogen) atoms. The Kier molecular flexibility index (Phi) is 8.61. The van der Waals surface area contributed by atoms with E-state index in [0.717, 1.165) is 53.7 Å². The van der Waals surface area contributed by atoms with E-state index in [9.17, 15) is 0 Å². The second-order valence-electron chi connectivity index (χ2n) is 10.6. The SMILES string of the molecule is [B]CC(C)C(C)C(C)C(C1CC1)C(C)C(C)C(C)C(C)C(C)(C)CC. The van der Waals surface area contributed by atoms with Gasteiger partial charge in [0.15, 0.2) is 0 Å². The van der Waals surface area contributed by atoms with Crippen molar-refractivity contribution in [2.45, 2.75) is 94.8 Å². The first-order chi connectivity index (χ1) is 11.5. The van der Waals surface area contributed by atoms with E-state index in [2.05, 4.69) is 69.2 Å². The summed E-state index contributed by atoms with van der Waals surface area (Å²) < 4.78 is 0. The molecule has 0 aliphatic heterocycles. The maximum atomic E-state index is 5.99. The predicted molar refractivity (Wildman–Crippen MR) is 115 cm³/mol. The highest BCUT2D eigenvalue weighted by atomic mass is 14.5. The van der Waals surface area contributed by atoms with Gasteiger partial charge in [0.2, 0.25) is 0 Å². The lowest BCUT2D eigenvalue weighted by Gasteiger charge is -2.44. The minimum absolute atomic E-state index is 0.440. The van der Waals surface area contributed by atoms with Gasteiger partial charge in [-0.1, -0.05) is 82.0 Å². The molecule has 0 N–H and O–H groups in total. The highest BCUT2D eigenvalue weighted by Gasteiger charge is 2.43. The highest BCUT2D eigenvalue weighted by molar-refractivity contribution is 6.08. The summed E-state index contributed by atoms with van der Waals surface area (Å²) in [7, 11) is 5.99. The maximum Gasteiger partial charge on any atom is 0.0656 e. The Hall–Kier alpha value is 0.0649. The Labute approximate surface area is 161 Å². The summed E-state index contributed by atoms with van der Waals surface area (Å²) in [6.45, 7) is 24.7. The first-order valence-corrected chi connectivity index (χ1v) is 11.2. The van der Waals surface area contributed by atoms with Crippen molar-refractivity contribution in [3.8, 4) is 0 Å². The highest BCUT2D eigenvalue weighted by Crippen LogP contribution is 2.51. The molecule has 0 bridgehead atoms. The van der Waals surface area contributed by atoms with Crippen LogP contribution in [-0.4, -0.2) is 7.85 Å². The van der Waals surface area contributed by atoms with Gasteiger partial charge in [0, 0.05) is 0 Å². The van der Waals surface area contributed by atoms with Gasteiger partial charge in [-0.05, 0) is 71.5 Å². The normalized spacial score (nSPS) is 25.5. The Morgan fingerprint density at radius 2 is 1.28 bits per heavy atom. The molecule has 0 aromatic rings. The average Bonchev–Trinajstić information content (AvgIpc) is 3.42. The fourth-order valence-corrected chi connectivity index (χ4v) is 5.22. The number of rotatable bonds is 11. The molecule has 1 rings (SSSR count). The van der Waals surface area contributed by atoms with Gasteiger partial charge < -0.3 is 0 Å². The van der Waals surface area contributed by atoms with E-state index in [1.165, 1.54) is 19.3 Å². The largest absolute Gasteiger partial charge is 0.0859 e. The first-order valence-electron chi connectivity index (χ1n) is 11.2. The van der Waals surface area contributed by atoms with Crippen molar-refractivity contribution in [3.63, 3.8) is 0 Å². The smallest absolute Gasteiger partial charge is 0.0656 e. The van der Waals surface area contributed by atoms with Crippen molar-refractivity contribution in [2.24, 2.45) is 58.7 Å². The van der Waals surface area contributed by atoms with Gasteiger partial charge in [-0.25, -0.2) is 0 Å². The first kappa shape index (κ1) is 23.1. The minimum Gasteiger partial charge on any atom is -0.0859 e. The van der Waals surface area contributed by atoms with Crippen LogP contribution in [0, 0.1) is 58.7 Å². The zero-order valence-electron chi connectivity index (χ0n) is 19.1. The van der Waals surface area contributed by atoms with Gasteiger partial charge in [-0.3, -0.25) is 0 Å². The predicted octanol–water partition coefficient (Wildman–Crippen LogP) is 7.49. The summed E-state index contributed by atoms with van der Waals surface area (Å²) in [5.41, 5.74) is 0.440. The summed E-state index contributed by atoms with van der Waals surface area (Å²) in [5.74, 6) is 7.13. The van der Waals surface area contributed by atoms with Crippen molar-refractivity contribution in [1.82, 2.24) is 0 Å². The minimum atomic E-state index is 0.440. The van der Waals surface area contributed by atoms with Crippen molar-refractivity contribution < 1.29 is 0 Å². The monoisotopic (exact) mass is 346 g/mol. The van der Waals surface area contributed by atoms with Gasteiger partial charge >= 0.3 is 0 Å². The van der Waals surface area contributed by atoms with Crippen LogP contribution in [0.15, 0.2) is 0 Å². The van der Waals surface area contributed by atoms with Crippen LogP contribution >= 0.6 is 0 Å². The third kappa shape index (κ3) is 5.52. The van der Waals surface area contributed by atoms with Gasteiger partial charge in [0.1, 0.15) is 0 Å². The fraction of sp³-hybridized carbons (Fsp3) is 1.00. The molecule has 1 aliphatic carbocycles.